The highest BCUT2D eigenvalue weighted by atomic mass is 19.1. The number of ether oxygens (including phenoxy) is 2. The number of carbonyl (C=O) groups is 1. The molecule has 120 valence electrons. The molecular formula is C17H22FNO3. The van der Waals surface area contributed by atoms with Crippen LogP contribution in [-0.2, 0) is 9.47 Å². The molecule has 4 nitrogen and oxygen atoms in total. The lowest BCUT2D eigenvalue weighted by atomic mass is 10.1. The number of rotatable bonds is 5. The van der Waals surface area contributed by atoms with Gasteiger partial charge in [0.15, 0.2) is 5.78 Å². The maximum absolute atomic E-state index is 12.9. The Morgan fingerprint density at radius 2 is 1.95 bits per heavy atom. The van der Waals surface area contributed by atoms with Gasteiger partial charge in [-0.3, -0.25) is 9.69 Å². The minimum Gasteiger partial charge on any atom is -0.375 e. The van der Waals surface area contributed by atoms with Crippen LogP contribution in [0.25, 0.3) is 0 Å². The summed E-state index contributed by atoms with van der Waals surface area (Å²) in [4.78, 5) is 14.4. The summed E-state index contributed by atoms with van der Waals surface area (Å²) in [6, 6.07) is 5.75. The number of morpholine rings is 1. The topological polar surface area (TPSA) is 38.8 Å². The van der Waals surface area contributed by atoms with Crippen LogP contribution in [-0.4, -0.2) is 55.7 Å². The van der Waals surface area contributed by atoms with E-state index in [4.69, 9.17) is 9.47 Å². The predicted octanol–water partition coefficient (Wildman–Crippen LogP) is 2.28. The van der Waals surface area contributed by atoms with Gasteiger partial charge in [-0.05, 0) is 37.1 Å². The van der Waals surface area contributed by atoms with Crippen molar-refractivity contribution in [2.45, 2.75) is 31.5 Å². The molecule has 0 unspecified atom stereocenters. The largest absolute Gasteiger partial charge is 0.375 e. The summed E-state index contributed by atoms with van der Waals surface area (Å²) in [6.07, 6.45) is 2.94. The van der Waals surface area contributed by atoms with Crippen molar-refractivity contribution in [3.8, 4) is 0 Å². The third kappa shape index (κ3) is 3.91. The minimum absolute atomic E-state index is 0.0557. The summed E-state index contributed by atoms with van der Waals surface area (Å²) in [6.45, 7) is 3.90. The van der Waals surface area contributed by atoms with E-state index in [1.165, 1.54) is 12.1 Å². The van der Waals surface area contributed by atoms with E-state index in [0.29, 0.717) is 25.1 Å². The zero-order chi connectivity index (χ0) is 15.4. The molecule has 0 radical (unpaired) electrons. The number of benzene rings is 1. The summed E-state index contributed by atoms with van der Waals surface area (Å²) >= 11 is 0. The van der Waals surface area contributed by atoms with E-state index < -0.39 is 0 Å². The molecule has 0 aromatic heterocycles. The molecule has 5 heteroatoms. The molecule has 2 fully saturated rings. The molecular weight excluding hydrogens is 285 g/mol. The summed E-state index contributed by atoms with van der Waals surface area (Å²) in [5.41, 5.74) is 0.574. The highest BCUT2D eigenvalue weighted by Crippen LogP contribution is 2.21. The van der Waals surface area contributed by atoms with Gasteiger partial charge in [-0.1, -0.05) is 0 Å². The summed E-state index contributed by atoms with van der Waals surface area (Å²) in [7, 11) is 0. The average molecular weight is 307 g/mol. The van der Waals surface area contributed by atoms with E-state index in [9.17, 15) is 9.18 Å². The van der Waals surface area contributed by atoms with Crippen molar-refractivity contribution in [1.29, 1.82) is 0 Å². The van der Waals surface area contributed by atoms with E-state index in [-0.39, 0.29) is 23.8 Å². The van der Waals surface area contributed by atoms with Gasteiger partial charge in [-0.2, -0.15) is 0 Å². The standard InChI is InChI=1S/C17H22FNO3/c18-14-5-3-13(4-6-14)15(20)7-8-19-9-11-22-17(12-19)16-2-1-10-21-16/h3-6,16-17H,1-2,7-12H2/t16-,17-/m1/s1. The molecule has 1 aromatic carbocycles. The van der Waals surface area contributed by atoms with Gasteiger partial charge in [0.2, 0.25) is 0 Å². The number of nitrogens with zero attached hydrogens (tertiary/aromatic N) is 1. The van der Waals surface area contributed by atoms with Crippen LogP contribution in [0.5, 0.6) is 0 Å². The Labute approximate surface area is 130 Å². The van der Waals surface area contributed by atoms with E-state index >= 15 is 0 Å². The van der Waals surface area contributed by atoms with Crippen molar-refractivity contribution in [2.24, 2.45) is 0 Å². The molecule has 0 spiro atoms. The molecule has 22 heavy (non-hydrogen) atoms. The molecule has 2 aliphatic heterocycles. The third-order valence-electron chi connectivity index (χ3n) is 4.38. The first-order chi connectivity index (χ1) is 10.7. The zero-order valence-corrected chi connectivity index (χ0v) is 12.7. The molecule has 3 rings (SSSR count). The maximum Gasteiger partial charge on any atom is 0.164 e. The van der Waals surface area contributed by atoms with Crippen molar-refractivity contribution in [2.75, 3.05) is 32.8 Å². The van der Waals surface area contributed by atoms with Crippen molar-refractivity contribution in [3.63, 3.8) is 0 Å². The van der Waals surface area contributed by atoms with Crippen LogP contribution in [0.15, 0.2) is 24.3 Å². The van der Waals surface area contributed by atoms with Crippen LogP contribution in [0, 0.1) is 5.82 Å². The Hall–Kier alpha value is -1.30. The fourth-order valence-electron chi connectivity index (χ4n) is 3.10. The molecule has 2 heterocycles. The van der Waals surface area contributed by atoms with Gasteiger partial charge in [0.25, 0.3) is 0 Å². The number of Topliss-reactive ketones (excluding diaryl/α,β-unsaturated/α-hetero) is 1. The maximum atomic E-state index is 12.9. The molecule has 0 amide bonds. The van der Waals surface area contributed by atoms with Gasteiger partial charge in [0, 0.05) is 38.2 Å². The summed E-state index contributed by atoms with van der Waals surface area (Å²) in [5.74, 6) is -0.260. The quantitative estimate of drug-likeness (QED) is 0.782. The van der Waals surface area contributed by atoms with Gasteiger partial charge in [-0.25, -0.2) is 4.39 Å². The highest BCUT2D eigenvalue weighted by Gasteiger charge is 2.31. The third-order valence-corrected chi connectivity index (χ3v) is 4.38. The number of halogens is 1. The smallest absolute Gasteiger partial charge is 0.164 e. The Morgan fingerprint density at radius 1 is 1.18 bits per heavy atom. The van der Waals surface area contributed by atoms with Crippen molar-refractivity contribution >= 4 is 5.78 Å². The SMILES string of the molecule is O=C(CCN1CCO[C@@H]([C@H]2CCCO2)C1)c1ccc(F)cc1. The van der Waals surface area contributed by atoms with Gasteiger partial charge < -0.3 is 9.47 Å². The molecule has 2 saturated heterocycles. The van der Waals surface area contributed by atoms with Crippen molar-refractivity contribution in [1.82, 2.24) is 4.90 Å². The summed E-state index contributed by atoms with van der Waals surface area (Å²) < 4.78 is 24.4. The first kappa shape index (κ1) is 15.6. The van der Waals surface area contributed by atoms with Gasteiger partial charge in [0.05, 0.1) is 18.8 Å². The predicted molar refractivity (Wildman–Crippen MR) is 80.5 cm³/mol. The number of hydrogen-bond acceptors (Lipinski definition) is 4. The van der Waals surface area contributed by atoms with E-state index in [1.807, 2.05) is 0 Å². The van der Waals surface area contributed by atoms with Crippen LogP contribution in [0.4, 0.5) is 4.39 Å². The van der Waals surface area contributed by atoms with E-state index in [0.717, 1.165) is 32.5 Å². The second kappa shape index (κ2) is 7.31. The Kier molecular flexibility index (Phi) is 5.18. The van der Waals surface area contributed by atoms with Crippen LogP contribution < -0.4 is 0 Å². The van der Waals surface area contributed by atoms with Crippen LogP contribution in [0.3, 0.4) is 0 Å². The Bertz CT molecular complexity index is 499. The lowest BCUT2D eigenvalue weighted by Gasteiger charge is -2.35. The first-order valence-corrected chi connectivity index (χ1v) is 7.97. The monoisotopic (exact) mass is 307 g/mol. The molecule has 0 N–H and O–H groups in total. The highest BCUT2D eigenvalue weighted by molar-refractivity contribution is 5.96. The second-order valence-corrected chi connectivity index (χ2v) is 5.94. The Morgan fingerprint density at radius 3 is 2.68 bits per heavy atom. The number of hydrogen-bond donors (Lipinski definition) is 0. The van der Waals surface area contributed by atoms with Crippen LogP contribution in [0.2, 0.25) is 0 Å². The molecule has 2 atom stereocenters. The van der Waals surface area contributed by atoms with Gasteiger partial charge >= 0.3 is 0 Å². The van der Waals surface area contributed by atoms with Crippen molar-refractivity contribution < 1.29 is 18.7 Å². The Balaban J connectivity index is 1.48. The van der Waals surface area contributed by atoms with Crippen LogP contribution >= 0.6 is 0 Å². The van der Waals surface area contributed by atoms with E-state index in [1.54, 1.807) is 12.1 Å². The fraction of sp³-hybridized carbons (Fsp3) is 0.588. The van der Waals surface area contributed by atoms with Crippen LogP contribution in [0.1, 0.15) is 29.6 Å². The number of ketones is 1. The number of carbonyl (C=O) groups excluding carboxylic acids is 1. The molecule has 2 aliphatic rings. The second-order valence-electron chi connectivity index (χ2n) is 5.94. The molecule has 1 aromatic rings. The average Bonchev–Trinajstić information content (AvgIpc) is 3.08. The first-order valence-electron chi connectivity index (χ1n) is 7.97. The molecule has 0 aliphatic carbocycles. The van der Waals surface area contributed by atoms with Gasteiger partial charge in [-0.15, -0.1) is 0 Å². The zero-order valence-electron chi connectivity index (χ0n) is 12.7. The lowest BCUT2D eigenvalue weighted by molar-refractivity contribution is -0.0939. The fourth-order valence-corrected chi connectivity index (χ4v) is 3.10. The summed E-state index contributed by atoms with van der Waals surface area (Å²) in [5, 5.41) is 0. The lowest BCUT2D eigenvalue weighted by Crippen LogP contribution is -2.48. The molecule has 0 saturated carbocycles. The normalized spacial score (nSPS) is 26.2. The van der Waals surface area contributed by atoms with E-state index in [2.05, 4.69) is 4.90 Å². The van der Waals surface area contributed by atoms with Gasteiger partial charge in [0.1, 0.15) is 5.82 Å². The minimum atomic E-state index is -0.316. The molecule has 0 bridgehead atoms. The van der Waals surface area contributed by atoms with Crippen molar-refractivity contribution in [3.05, 3.63) is 35.6 Å².